The third kappa shape index (κ3) is 4.17. The molecule has 29 heavy (non-hydrogen) atoms. The van der Waals surface area contributed by atoms with E-state index < -0.39 is 50.2 Å². The Morgan fingerprint density at radius 2 is 2.07 bits per heavy atom. The van der Waals surface area contributed by atoms with E-state index in [2.05, 4.69) is 0 Å². The van der Waals surface area contributed by atoms with Crippen LogP contribution in [0.25, 0.3) is 0 Å². The second kappa shape index (κ2) is 7.70. The highest BCUT2D eigenvalue weighted by atomic mass is 31.2. The van der Waals surface area contributed by atoms with Gasteiger partial charge < -0.3 is 4.74 Å². The lowest BCUT2D eigenvalue weighted by molar-refractivity contribution is -0.146. The fourth-order valence-corrected chi connectivity index (χ4v) is 4.73. The Morgan fingerprint density at radius 1 is 1.28 bits per heavy atom. The molecule has 3 aliphatic rings. The highest BCUT2D eigenvalue weighted by Crippen LogP contribution is 2.56. The number of rotatable bonds is 4. The van der Waals surface area contributed by atoms with Gasteiger partial charge in [0, 0.05) is 12.6 Å². The fraction of sp³-hybridized carbons (Fsp3) is 0.444. The van der Waals surface area contributed by atoms with Crippen LogP contribution >= 0.6 is 7.82 Å². The molecule has 4 rings (SSSR count). The van der Waals surface area contributed by atoms with Crippen LogP contribution in [0.4, 0.5) is 8.78 Å². The number of nitrogens with zero attached hydrogens (tertiary/aromatic N) is 1. The van der Waals surface area contributed by atoms with E-state index in [4.69, 9.17) is 18.3 Å². The monoisotopic (exact) mass is 429 g/mol. The molecule has 0 spiro atoms. The Hall–Kier alpha value is -1.97. The van der Waals surface area contributed by atoms with Crippen LogP contribution in [0.5, 0.6) is 0 Å². The number of aryl methyl sites for hydroxylation is 1. The van der Waals surface area contributed by atoms with Crippen LogP contribution in [0.1, 0.15) is 24.0 Å². The second-order valence-electron chi connectivity index (χ2n) is 6.97. The molecule has 1 amide bonds. The van der Waals surface area contributed by atoms with E-state index in [1.807, 2.05) is 0 Å². The average molecular weight is 429 g/mol. The first-order chi connectivity index (χ1) is 13.7. The van der Waals surface area contributed by atoms with Crippen LogP contribution in [0.15, 0.2) is 30.2 Å². The number of Topliss-reactive ketones (excluding diaryl/α,β-unsaturated/α-hetero) is 1. The number of ketones is 1. The quantitative estimate of drug-likeness (QED) is 0.537. The summed E-state index contributed by atoms with van der Waals surface area (Å²) in [5.74, 6) is -2.88. The molecule has 8 nitrogen and oxygen atoms in total. The number of hydrogen-bond donors (Lipinski definition) is 0. The summed E-state index contributed by atoms with van der Waals surface area (Å²) in [6.45, 7) is 1.48. The van der Waals surface area contributed by atoms with Crippen LogP contribution in [0.3, 0.4) is 0 Å². The van der Waals surface area contributed by atoms with Crippen molar-refractivity contribution in [1.29, 1.82) is 0 Å². The number of phosphoric ester groups is 1. The highest BCUT2D eigenvalue weighted by molar-refractivity contribution is 7.48. The topological polar surface area (TPSA) is 91.4 Å². The summed E-state index contributed by atoms with van der Waals surface area (Å²) in [6.07, 6.45) is -1.85. The Kier molecular flexibility index (Phi) is 5.39. The zero-order valence-electron chi connectivity index (χ0n) is 15.4. The van der Waals surface area contributed by atoms with E-state index in [0.29, 0.717) is 11.1 Å². The molecule has 3 aliphatic heterocycles. The molecule has 0 bridgehead atoms. The predicted octanol–water partition coefficient (Wildman–Crippen LogP) is 2.90. The van der Waals surface area contributed by atoms with Gasteiger partial charge in [-0.25, -0.2) is 13.3 Å². The largest absolute Gasteiger partial charge is 0.475 e. The minimum absolute atomic E-state index is 0.103. The van der Waals surface area contributed by atoms with Crippen molar-refractivity contribution in [2.45, 2.75) is 44.8 Å². The van der Waals surface area contributed by atoms with E-state index in [1.165, 1.54) is 18.2 Å². The summed E-state index contributed by atoms with van der Waals surface area (Å²) in [4.78, 5) is 24.3. The summed E-state index contributed by atoms with van der Waals surface area (Å²) >= 11 is 0. The van der Waals surface area contributed by atoms with E-state index in [0.717, 1.165) is 11.1 Å². The minimum atomic E-state index is -3.91. The number of phosphoric acid groups is 1. The number of allylic oxidation sites excluding steroid dienone is 1. The van der Waals surface area contributed by atoms with Crippen LogP contribution in [0.2, 0.25) is 0 Å². The SMILES string of the molecule is Cc1cc(F)ccc1COP1(=O)OC[C@H]2O[C@@H](N3C=C(F)C(=O)CC3=O)C[C@@H]2O1. The van der Waals surface area contributed by atoms with E-state index >= 15 is 0 Å². The van der Waals surface area contributed by atoms with Crippen molar-refractivity contribution in [2.24, 2.45) is 0 Å². The molecule has 1 aromatic rings. The number of benzene rings is 1. The first-order valence-electron chi connectivity index (χ1n) is 8.94. The van der Waals surface area contributed by atoms with Crippen LogP contribution in [0, 0.1) is 12.7 Å². The smallest absolute Gasteiger partial charge is 0.349 e. The molecule has 2 fully saturated rings. The number of carbonyl (C=O) groups is 2. The lowest BCUT2D eigenvalue weighted by Crippen LogP contribution is -2.40. The molecular weight excluding hydrogens is 411 g/mol. The third-order valence-electron chi connectivity index (χ3n) is 4.95. The number of hydrogen-bond acceptors (Lipinski definition) is 7. The third-order valence-corrected chi connectivity index (χ3v) is 6.39. The maximum atomic E-state index is 13.6. The van der Waals surface area contributed by atoms with Gasteiger partial charge in [0.15, 0.2) is 5.83 Å². The fourth-order valence-electron chi connectivity index (χ4n) is 3.35. The Balaban J connectivity index is 1.40. The second-order valence-corrected chi connectivity index (χ2v) is 8.60. The summed E-state index contributed by atoms with van der Waals surface area (Å²) in [6, 6.07) is 4.11. The van der Waals surface area contributed by atoms with Crippen molar-refractivity contribution in [3.63, 3.8) is 0 Å². The zero-order valence-corrected chi connectivity index (χ0v) is 16.3. The molecule has 0 radical (unpaired) electrons. The summed E-state index contributed by atoms with van der Waals surface area (Å²) in [5, 5.41) is 0. The molecule has 2 saturated heterocycles. The molecule has 1 aromatic carbocycles. The molecule has 11 heteroatoms. The highest BCUT2D eigenvalue weighted by Gasteiger charge is 2.49. The minimum Gasteiger partial charge on any atom is -0.349 e. The van der Waals surface area contributed by atoms with Crippen molar-refractivity contribution in [3.05, 3.63) is 47.2 Å². The number of fused-ring (bicyclic) bond motifs is 1. The maximum absolute atomic E-state index is 13.6. The molecule has 0 N–H and O–H groups in total. The number of carbonyl (C=O) groups excluding carboxylic acids is 2. The van der Waals surface area contributed by atoms with E-state index in [9.17, 15) is 22.9 Å². The van der Waals surface area contributed by atoms with Gasteiger partial charge in [0.2, 0.25) is 11.7 Å². The van der Waals surface area contributed by atoms with Crippen molar-refractivity contribution < 1.29 is 41.2 Å². The molecule has 156 valence electrons. The standard InChI is InChI=1S/C18H18F2NO7P/c1-10-4-12(19)3-2-11(10)8-25-29(24)26-9-16-15(28-29)6-18(27-16)21-7-13(20)14(22)5-17(21)23/h2-4,7,15-16,18H,5-6,8-9H2,1H3/t15-,16+,18+,29?/m0/s1. The van der Waals surface area contributed by atoms with E-state index in [-0.39, 0.29) is 25.5 Å². The normalized spacial score (nSPS) is 32.3. The summed E-state index contributed by atoms with van der Waals surface area (Å²) in [7, 11) is -3.91. The van der Waals surface area contributed by atoms with Gasteiger partial charge in [-0.1, -0.05) is 6.07 Å². The van der Waals surface area contributed by atoms with Gasteiger partial charge in [0.1, 0.15) is 24.3 Å². The first-order valence-corrected chi connectivity index (χ1v) is 10.4. The average Bonchev–Trinajstić information content (AvgIpc) is 3.06. The molecule has 4 atom stereocenters. The van der Waals surface area contributed by atoms with Gasteiger partial charge in [0.05, 0.1) is 19.6 Å². The molecule has 0 saturated carbocycles. The molecule has 3 heterocycles. The van der Waals surface area contributed by atoms with Gasteiger partial charge in [-0.3, -0.25) is 28.1 Å². The Bertz CT molecular complexity index is 937. The summed E-state index contributed by atoms with van der Waals surface area (Å²) < 4.78 is 61.3. The first kappa shape index (κ1) is 20.3. The van der Waals surface area contributed by atoms with Crippen LogP contribution < -0.4 is 0 Å². The van der Waals surface area contributed by atoms with Crippen LogP contribution in [-0.4, -0.2) is 41.6 Å². The lowest BCUT2D eigenvalue weighted by Gasteiger charge is -2.30. The van der Waals surface area contributed by atoms with Crippen LogP contribution in [-0.2, 0) is 39.1 Å². The zero-order chi connectivity index (χ0) is 20.8. The molecule has 0 aliphatic carbocycles. The van der Waals surface area contributed by atoms with Gasteiger partial charge in [-0.15, -0.1) is 0 Å². The number of halogens is 2. The van der Waals surface area contributed by atoms with Gasteiger partial charge >= 0.3 is 7.82 Å². The van der Waals surface area contributed by atoms with Crippen molar-refractivity contribution in [1.82, 2.24) is 4.90 Å². The predicted molar refractivity (Wildman–Crippen MR) is 93.3 cm³/mol. The number of ether oxygens (including phenoxy) is 1. The lowest BCUT2D eigenvalue weighted by atomic mass is 10.1. The van der Waals surface area contributed by atoms with Crippen molar-refractivity contribution >= 4 is 19.5 Å². The number of amides is 1. The Labute approximate surface area is 165 Å². The van der Waals surface area contributed by atoms with Crippen molar-refractivity contribution in [3.8, 4) is 0 Å². The van der Waals surface area contributed by atoms with Crippen molar-refractivity contribution in [2.75, 3.05) is 6.61 Å². The molecular formula is C18H18F2NO7P. The molecule has 0 aromatic heterocycles. The maximum Gasteiger partial charge on any atom is 0.475 e. The molecule has 1 unspecified atom stereocenters. The van der Waals surface area contributed by atoms with Gasteiger partial charge in [0.25, 0.3) is 0 Å². The van der Waals surface area contributed by atoms with E-state index in [1.54, 1.807) is 6.92 Å². The van der Waals surface area contributed by atoms with Gasteiger partial charge in [-0.05, 0) is 30.2 Å². The van der Waals surface area contributed by atoms with Gasteiger partial charge in [-0.2, -0.15) is 0 Å². The Morgan fingerprint density at radius 3 is 2.83 bits per heavy atom. The summed E-state index contributed by atoms with van der Waals surface area (Å²) in [5.41, 5.74) is 1.25.